The third-order valence-electron chi connectivity index (χ3n) is 2.34. The lowest BCUT2D eigenvalue weighted by atomic mass is 10.2. The lowest BCUT2D eigenvalue weighted by Gasteiger charge is -2.14. The Morgan fingerprint density at radius 3 is 2.56 bits per heavy atom. The van der Waals surface area contributed by atoms with Gasteiger partial charge in [-0.2, -0.15) is 0 Å². The lowest BCUT2D eigenvalue weighted by molar-refractivity contribution is 0.0812. The zero-order chi connectivity index (χ0) is 13.5. The molecule has 0 radical (unpaired) electrons. The number of hydrogen-bond acceptors (Lipinski definition) is 3. The van der Waals surface area contributed by atoms with Gasteiger partial charge in [-0.05, 0) is 6.07 Å². The van der Waals surface area contributed by atoms with Crippen molar-refractivity contribution in [2.24, 2.45) is 0 Å². The zero-order valence-electron chi connectivity index (χ0n) is 10.9. The Hall–Kier alpha value is -1.36. The SMILES string of the molecule is COc1ccc(CNC(C)C)c(OCC(F)F)c1. The van der Waals surface area contributed by atoms with Gasteiger partial charge >= 0.3 is 0 Å². The second kappa shape index (κ2) is 7.16. The molecule has 0 saturated heterocycles. The average molecular weight is 259 g/mol. The van der Waals surface area contributed by atoms with E-state index < -0.39 is 13.0 Å². The van der Waals surface area contributed by atoms with E-state index in [2.05, 4.69) is 5.32 Å². The van der Waals surface area contributed by atoms with Crippen molar-refractivity contribution in [2.75, 3.05) is 13.7 Å². The molecule has 0 unspecified atom stereocenters. The van der Waals surface area contributed by atoms with E-state index >= 15 is 0 Å². The molecule has 1 rings (SSSR count). The van der Waals surface area contributed by atoms with Crippen molar-refractivity contribution in [3.05, 3.63) is 23.8 Å². The van der Waals surface area contributed by atoms with Crippen LogP contribution in [0.5, 0.6) is 11.5 Å². The highest BCUT2D eigenvalue weighted by Gasteiger charge is 2.09. The highest BCUT2D eigenvalue weighted by atomic mass is 19.3. The summed E-state index contributed by atoms with van der Waals surface area (Å²) in [6, 6.07) is 5.54. The molecule has 0 aromatic heterocycles. The molecule has 3 nitrogen and oxygen atoms in total. The number of methoxy groups -OCH3 is 1. The Bertz CT molecular complexity index is 370. The van der Waals surface area contributed by atoms with E-state index in [9.17, 15) is 8.78 Å². The van der Waals surface area contributed by atoms with Crippen molar-refractivity contribution < 1.29 is 18.3 Å². The molecule has 0 fully saturated rings. The third-order valence-corrected chi connectivity index (χ3v) is 2.34. The predicted octanol–water partition coefficient (Wildman–Crippen LogP) is 2.84. The van der Waals surface area contributed by atoms with Crippen LogP contribution in [0.3, 0.4) is 0 Å². The smallest absolute Gasteiger partial charge is 0.272 e. The van der Waals surface area contributed by atoms with Crippen LogP contribution in [0.1, 0.15) is 19.4 Å². The van der Waals surface area contributed by atoms with Gasteiger partial charge in [0.25, 0.3) is 6.43 Å². The maximum absolute atomic E-state index is 12.2. The predicted molar refractivity (Wildman–Crippen MR) is 66.5 cm³/mol. The van der Waals surface area contributed by atoms with Gasteiger partial charge < -0.3 is 14.8 Å². The van der Waals surface area contributed by atoms with Gasteiger partial charge in [-0.1, -0.05) is 19.9 Å². The van der Waals surface area contributed by atoms with Gasteiger partial charge in [0.2, 0.25) is 0 Å². The fourth-order valence-electron chi connectivity index (χ4n) is 1.41. The first-order valence-corrected chi connectivity index (χ1v) is 5.84. The van der Waals surface area contributed by atoms with Crippen molar-refractivity contribution in [1.29, 1.82) is 0 Å². The molecule has 0 spiro atoms. The molecule has 0 heterocycles. The summed E-state index contributed by atoms with van der Waals surface area (Å²) >= 11 is 0. The van der Waals surface area contributed by atoms with E-state index in [1.54, 1.807) is 12.1 Å². The van der Waals surface area contributed by atoms with Crippen molar-refractivity contribution in [3.8, 4) is 11.5 Å². The molecule has 0 amide bonds. The van der Waals surface area contributed by atoms with Gasteiger partial charge in [-0.15, -0.1) is 0 Å². The Balaban J connectivity index is 2.79. The van der Waals surface area contributed by atoms with E-state index in [-0.39, 0.29) is 0 Å². The molecule has 0 aliphatic carbocycles. The van der Waals surface area contributed by atoms with Gasteiger partial charge in [0.05, 0.1) is 7.11 Å². The highest BCUT2D eigenvalue weighted by molar-refractivity contribution is 5.40. The summed E-state index contributed by atoms with van der Waals surface area (Å²) in [4.78, 5) is 0. The molecule has 0 atom stereocenters. The van der Waals surface area contributed by atoms with E-state index in [0.717, 1.165) is 5.56 Å². The van der Waals surface area contributed by atoms with Crippen LogP contribution in [0.2, 0.25) is 0 Å². The maximum atomic E-state index is 12.2. The number of hydrogen-bond donors (Lipinski definition) is 1. The Morgan fingerprint density at radius 2 is 2.00 bits per heavy atom. The summed E-state index contributed by atoms with van der Waals surface area (Å²) in [5, 5.41) is 3.22. The van der Waals surface area contributed by atoms with Crippen LogP contribution in [0, 0.1) is 0 Å². The second-order valence-electron chi connectivity index (χ2n) is 4.21. The molecule has 1 aromatic rings. The average Bonchev–Trinajstić information content (AvgIpc) is 2.34. The molecule has 0 aliphatic rings. The normalized spacial score (nSPS) is 11.1. The molecule has 18 heavy (non-hydrogen) atoms. The fourth-order valence-corrected chi connectivity index (χ4v) is 1.41. The number of nitrogens with one attached hydrogen (secondary N) is 1. The minimum Gasteiger partial charge on any atom is -0.497 e. The Kier molecular flexibility index (Phi) is 5.85. The Morgan fingerprint density at radius 1 is 1.28 bits per heavy atom. The van der Waals surface area contributed by atoms with E-state index in [1.807, 2.05) is 19.9 Å². The summed E-state index contributed by atoms with van der Waals surface area (Å²) in [5.74, 6) is 1.02. The molecule has 1 N–H and O–H groups in total. The monoisotopic (exact) mass is 259 g/mol. The van der Waals surface area contributed by atoms with Gasteiger partial charge in [0.15, 0.2) is 0 Å². The van der Waals surface area contributed by atoms with Crippen molar-refractivity contribution in [1.82, 2.24) is 5.32 Å². The van der Waals surface area contributed by atoms with Crippen molar-refractivity contribution in [3.63, 3.8) is 0 Å². The minimum atomic E-state index is -2.48. The summed E-state index contributed by atoms with van der Waals surface area (Å²) in [6.45, 7) is 3.99. The molecule has 0 saturated carbocycles. The van der Waals surface area contributed by atoms with Gasteiger partial charge in [0, 0.05) is 24.2 Å². The quantitative estimate of drug-likeness (QED) is 0.816. The highest BCUT2D eigenvalue weighted by Crippen LogP contribution is 2.25. The summed E-state index contributed by atoms with van der Waals surface area (Å²) in [5.41, 5.74) is 0.838. The number of alkyl halides is 2. The molecule has 102 valence electrons. The van der Waals surface area contributed by atoms with Crippen molar-refractivity contribution >= 4 is 0 Å². The molecular formula is C13H19F2NO2. The summed E-state index contributed by atoms with van der Waals surface area (Å²) < 4.78 is 34.5. The van der Waals surface area contributed by atoms with Crippen LogP contribution in [0.25, 0.3) is 0 Å². The topological polar surface area (TPSA) is 30.5 Å². The van der Waals surface area contributed by atoms with Crippen LogP contribution in [-0.2, 0) is 6.54 Å². The van der Waals surface area contributed by atoms with Gasteiger partial charge in [-0.3, -0.25) is 0 Å². The molecule has 0 bridgehead atoms. The van der Waals surface area contributed by atoms with Gasteiger partial charge in [0.1, 0.15) is 18.1 Å². The largest absolute Gasteiger partial charge is 0.497 e. The minimum absolute atomic E-state index is 0.315. The molecule has 5 heteroatoms. The third kappa shape index (κ3) is 4.87. The Labute approximate surface area is 106 Å². The van der Waals surface area contributed by atoms with Crippen LogP contribution in [0.15, 0.2) is 18.2 Å². The summed E-state index contributed by atoms with van der Waals surface area (Å²) in [6.07, 6.45) is -2.48. The maximum Gasteiger partial charge on any atom is 0.272 e. The number of halogens is 2. The second-order valence-corrected chi connectivity index (χ2v) is 4.21. The van der Waals surface area contributed by atoms with Gasteiger partial charge in [-0.25, -0.2) is 8.78 Å². The van der Waals surface area contributed by atoms with Crippen LogP contribution >= 0.6 is 0 Å². The van der Waals surface area contributed by atoms with Crippen LogP contribution in [0.4, 0.5) is 8.78 Å². The summed E-state index contributed by atoms with van der Waals surface area (Å²) in [7, 11) is 1.53. The van der Waals surface area contributed by atoms with E-state index in [4.69, 9.17) is 9.47 Å². The first kappa shape index (κ1) is 14.7. The standard InChI is InChI=1S/C13H19F2NO2/c1-9(2)16-7-10-4-5-11(17-3)6-12(10)18-8-13(14)15/h4-6,9,13,16H,7-8H2,1-3H3. The van der Waals surface area contributed by atoms with Crippen molar-refractivity contribution in [2.45, 2.75) is 32.9 Å². The van der Waals surface area contributed by atoms with E-state index in [0.29, 0.717) is 24.1 Å². The molecule has 1 aromatic carbocycles. The number of rotatable bonds is 7. The first-order chi connectivity index (χ1) is 8.52. The van der Waals surface area contributed by atoms with E-state index in [1.165, 1.54) is 7.11 Å². The zero-order valence-corrected chi connectivity index (χ0v) is 10.9. The number of ether oxygens (including phenoxy) is 2. The lowest BCUT2D eigenvalue weighted by Crippen LogP contribution is -2.22. The fraction of sp³-hybridized carbons (Fsp3) is 0.538. The van der Waals surface area contributed by atoms with Crippen LogP contribution < -0.4 is 14.8 Å². The molecular weight excluding hydrogens is 240 g/mol. The van der Waals surface area contributed by atoms with Crippen LogP contribution in [-0.4, -0.2) is 26.2 Å². The number of benzene rings is 1. The molecule has 0 aliphatic heterocycles. The first-order valence-electron chi connectivity index (χ1n) is 5.84.